The Labute approximate surface area is 106 Å². The monoisotopic (exact) mass is 244 g/mol. The number of oxazole rings is 1. The predicted molar refractivity (Wildman–Crippen MR) is 69.8 cm³/mol. The van der Waals surface area contributed by atoms with Crippen LogP contribution in [-0.4, -0.2) is 10.9 Å². The van der Waals surface area contributed by atoms with Crippen molar-refractivity contribution in [1.82, 2.24) is 4.98 Å². The van der Waals surface area contributed by atoms with E-state index in [2.05, 4.69) is 17.2 Å². The molecule has 94 valence electrons. The maximum atomic E-state index is 12.0. The average Bonchev–Trinajstić information content (AvgIpc) is 2.78. The number of hydrogen-bond acceptors (Lipinski definition) is 3. The zero-order valence-electron chi connectivity index (χ0n) is 10.8. The van der Waals surface area contributed by atoms with Crippen LogP contribution in [0.4, 0.5) is 5.69 Å². The topological polar surface area (TPSA) is 55.1 Å². The fraction of sp³-hybridized carbons (Fsp3) is 0.286. The summed E-state index contributed by atoms with van der Waals surface area (Å²) in [6.45, 7) is 5.75. The summed E-state index contributed by atoms with van der Waals surface area (Å²) in [5.41, 5.74) is 3.33. The molecule has 18 heavy (non-hydrogen) atoms. The van der Waals surface area contributed by atoms with Crippen LogP contribution in [0.15, 0.2) is 28.9 Å². The minimum absolute atomic E-state index is 0.240. The molecule has 0 spiro atoms. The highest BCUT2D eigenvalue weighted by Gasteiger charge is 2.13. The van der Waals surface area contributed by atoms with Gasteiger partial charge in [-0.2, -0.15) is 0 Å². The smallest absolute Gasteiger partial charge is 0.277 e. The van der Waals surface area contributed by atoms with E-state index < -0.39 is 0 Å². The van der Waals surface area contributed by atoms with Crippen molar-refractivity contribution in [3.8, 4) is 0 Å². The molecule has 1 heterocycles. The van der Waals surface area contributed by atoms with Gasteiger partial charge in [0.15, 0.2) is 11.6 Å². The molecule has 0 fully saturated rings. The zero-order valence-corrected chi connectivity index (χ0v) is 10.8. The first-order valence-corrected chi connectivity index (χ1v) is 5.93. The first-order valence-electron chi connectivity index (χ1n) is 5.93. The number of nitrogens with one attached hydrogen (secondary N) is 1. The molecule has 0 unspecified atom stereocenters. The highest BCUT2D eigenvalue weighted by molar-refractivity contribution is 6.03. The lowest BCUT2D eigenvalue weighted by Gasteiger charge is -2.11. The van der Waals surface area contributed by atoms with Crippen LogP contribution in [0.3, 0.4) is 0 Å². The van der Waals surface area contributed by atoms with Crippen molar-refractivity contribution in [3.63, 3.8) is 0 Å². The summed E-state index contributed by atoms with van der Waals surface area (Å²) in [5, 5.41) is 2.90. The number of anilines is 1. The number of carbonyl (C=O) groups is 1. The molecule has 2 aromatic rings. The van der Waals surface area contributed by atoms with Gasteiger partial charge >= 0.3 is 0 Å². The summed E-state index contributed by atoms with van der Waals surface area (Å²) in [6, 6.07) is 5.98. The Morgan fingerprint density at radius 3 is 2.78 bits per heavy atom. The van der Waals surface area contributed by atoms with E-state index >= 15 is 0 Å². The molecule has 0 saturated heterocycles. The summed E-state index contributed by atoms with van der Waals surface area (Å²) in [5.74, 6) is 0.247. The van der Waals surface area contributed by atoms with Gasteiger partial charge < -0.3 is 9.73 Å². The SMILES string of the molecule is CCc1cccc(C)c1NC(=O)c1coc(C)n1. The number of carbonyl (C=O) groups excluding carboxylic acids is 1. The van der Waals surface area contributed by atoms with Gasteiger partial charge in [-0.1, -0.05) is 25.1 Å². The number of rotatable bonds is 3. The summed E-state index contributed by atoms with van der Waals surface area (Å²) < 4.78 is 5.04. The van der Waals surface area contributed by atoms with Crippen molar-refractivity contribution in [3.05, 3.63) is 47.2 Å². The van der Waals surface area contributed by atoms with Gasteiger partial charge in [0, 0.05) is 12.6 Å². The molecule has 1 amide bonds. The molecule has 0 saturated carbocycles. The van der Waals surface area contributed by atoms with Gasteiger partial charge in [-0.25, -0.2) is 4.98 Å². The molecule has 4 heteroatoms. The quantitative estimate of drug-likeness (QED) is 0.902. The van der Waals surface area contributed by atoms with Crippen LogP contribution < -0.4 is 5.32 Å². The number of amides is 1. The van der Waals surface area contributed by atoms with Crippen molar-refractivity contribution >= 4 is 11.6 Å². The van der Waals surface area contributed by atoms with E-state index in [0.29, 0.717) is 11.6 Å². The molecule has 0 atom stereocenters. The van der Waals surface area contributed by atoms with Crippen LogP contribution >= 0.6 is 0 Å². The van der Waals surface area contributed by atoms with Gasteiger partial charge in [-0.3, -0.25) is 4.79 Å². The highest BCUT2D eigenvalue weighted by Crippen LogP contribution is 2.21. The molecule has 0 aliphatic heterocycles. The Balaban J connectivity index is 2.26. The normalized spacial score (nSPS) is 10.4. The average molecular weight is 244 g/mol. The highest BCUT2D eigenvalue weighted by atomic mass is 16.3. The maximum absolute atomic E-state index is 12.0. The first kappa shape index (κ1) is 12.4. The lowest BCUT2D eigenvalue weighted by Crippen LogP contribution is -2.14. The van der Waals surface area contributed by atoms with Crippen LogP contribution in [0, 0.1) is 13.8 Å². The minimum Gasteiger partial charge on any atom is -0.448 e. The number of hydrogen-bond donors (Lipinski definition) is 1. The molecule has 0 radical (unpaired) electrons. The predicted octanol–water partition coefficient (Wildman–Crippen LogP) is 3.11. The van der Waals surface area contributed by atoms with Crippen molar-refractivity contribution < 1.29 is 9.21 Å². The fourth-order valence-corrected chi connectivity index (χ4v) is 1.85. The Morgan fingerprint density at radius 1 is 1.39 bits per heavy atom. The third-order valence-electron chi connectivity index (χ3n) is 2.83. The number of nitrogens with zero attached hydrogens (tertiary/aromatic N) is 1. The van der Waals surface area contributed by atoms with Crippen molar-refractivity contribution in [1.29, 1.82) is 0 Å². The van der Waals surface area contributed by atoms with Crippen LogP contribution in [0.2, 0.25) is 0 Å². The molecule has 0 aliphatic rings. The van der Waals surface area contributed by atoms with E-state index in [1.54, 1.807) is 6.92 Å². The van der Waals surface area contributed by atoms with Crippen LogP contribution in [0.25, 0.3) is 0 Å². The van der Waals surface area contributed by atoms with E-state index in [0.717, 1.165) is 23.2 Å². The Morgan fingerprint density at radius 2 is 2.17 bits per heavy atom. The summed E-state index contributed by atoms with van der Waals surface area (Å²) in [7, 11) is 0. The van der Waals surface area contributed by atoms with Crippen LogP contribution in [-0.2, 0) is 6.42 Å². The summed E-state index contributed by atoms with van der Waals surface area (Å²) in [4.78, 5) is 16.0. The first-order chi connectivity index (χ1) is 8.61. The van der Waals surface area contributed by atoms with Gasteiger partial charge in [-0.15, -0.1) is 0 Å². The van der Waals surface area contributed by atoms with E-state index in [1.165, 1.54) is 6.26 Å². The zero-order chi connectivity index (χ0) is 13.1. The maximum Gasteiger partial charge on any atom is 0.277 e. The van der Waals surface area contributed by atoms with Crippen LogP contribution in [0.1, 0.15) is 34.4 Å². The van der Waals surface area contributed by atoms with Crippen molar-refractivity contribution in [2.45, 2.75) is 27.2 Å². The number of para-hydroxylation sites is 1. The van der Waals surface area contributed by atoms with Crippen molar-refractivity contribution in [2.24, 2.45) is 0 Å². The fourth-order valence-electron chi connectivity index (χ4n) is 1.85. The molecular weight excluding hydrogens is 228 g/mol. The second-order valence-electron chi connectivity index (χ2n) is 4.17. The van der Waals surface area contributed by atoms with Gasteiger partial charge in [0.25, 0.3) is 5.91 Å². The van der Waals surface area contributed by atoms with Gasteiger partial charge in [0.1, 0.15) is 6.26 Å². The lowest BCUT2D eigenvalue weighted by molar-refractivity contribution is 0.102. The van der Waals surface area contributed by atoms with Crippen molar-refractivity contribution in [2.75, 3.05) is 5.32 Å². The third kappa shape index (κ3) is 2.42. The standard InChI is InChI=1S/C14H16N2O2/c1-4-11-7-5-6-9(2)13(11)16-14(17)12-8-18-10(3)15-12/h5-8H,4H2,1-3H3,(H,16,17). The molecule has 0 aliphatic carbocycles. The van der Waals surface area contributed by atoms with Gasteiger partial charge in [-0.05, 0) is 24.5 Å². The molecule has 0 bridgehead atoms. The molecule has 4 nitrogen and oxygen atoms in total. The number of benzene rings is 1. The Bertz CT molecular complexity index is 573. The Kier molecular flexibility index (Phi) is 3.46. The largest absolute Gasteiger partial charge is 0.448 e. The number of aromatic nitrogens is 1. The van der Waals surface area contributed by atoms with Gasteiger partial charge in [0.05, 0.1) is 0 Å². The molecule has 1 N–H and O–H groups in total. The minimum atomic E-state index is -0.240. The summed E-state index contributed by atoms with van der Waals surface area (Å²) in [6.07, 6.45) is 2.24. The lowest BCUT2D eigenvalue weighted by atomic mass is 10.1. The number of aryl methyl sites for hydroxylation is 3. The van der Waals surface area contributed by atoms with E-state index in [1.807, 2.05) is 25.1 Å². The molecular formula is C14H16N2O2. The Hall–Kier alpha value is -2.10. The van der Waals surface area contributed by atoms with Gasteiger partial charge in [0.2, 0.25) is 0 Å². The summed E-state index contributed by atoms with van der Waals surface area (Å²) >= 11 is 0. The van der Waals surface area contributed by atoms with E-state index in [-0.39, 0.29) is 5.91 Å². The molecule has 1 aromatic carbocycles. The second kappa shape index (κ2) is 5.04. The van der Waals surface area contributed by atoms with E-state index in [9.17, 15) is 4.79 Å². The molecule has 1 aromatic heterocycles. The van der Waals surface area contributed by atoms with E-state index in [4.69, 9.17) is 4.42 Å². The van der Waals surface area contributed by atoms with Crippen LogP contribution in [0.5, 0.6) is 0 Å². The molecule has 2 rings (SSSR count). The second-order valence-corrected chi connectivity index (χ2v) is 4.17. The third-order valence-corrected chi connectivity index (χ3v) is 2.83.